The zero-order chi connectivity index (χ0) is 13.7. The minimum Gasteiger partial charge on any atom is -0.374 e. The number of hydrogen-bond acceptors (Lipinski definition) is 4. The van der Waals surface area contributed by atoms with Gasteiger partial charge in [-0.2, -0.15) is 0 Å². The quantitative estimate of drug-likeness (QED) is 0.768. The first-order valence-corrected chi connectivity index (χ1v) is 7.19. The molecule has 1 N–H and O–H groups in total. The van der Waals surface area contributed by atoms with Gasteiger partial charge in [0.2, 0.25) is 0 Å². The van der Waals surface area contributed by atoms with Crippen LogP contribution in [0.1, 0.15) is 19.7 Å². The zero-order valence-electron chi connectivity index (χ0n) is 12.3. The van der Waals surface area contributed by atoms with Crippen molar-refractivity contribution >= 4 is 0 Å². The molecule has 1 aromatic heterocycles. The number of nitrogens with zero attached hydrogens (tertiary/aromatic N) is 3. The lowest BCUT2D eigenvalue weighted by atomic mass is 10.2. The average molecular weight is 266 g/mol. The van der Waals surface area contributed by atoms with Crippen LogP contribution >= 0.6 is 0 Å². The maximum absolute atomic E-state index is 5.79. The third-order valence-corrected chi connectivity index (χ3v) is 3.72. The first-order chi connectivity index (χ1) is 9.16. The van der Waals surface area contributed by atoms with Crippen molar-refractivity contribution in [3.63, 3.8) is 0 Å². The summed E-state index contributed by atoms with van der Waals surface area (Å²) >= 11 is 0. The summed E-state index contributed by atoms with van der Waals surface area (Å²) in [5, 5.41) is 3.48. The number of morpholine rings is 1. The summed E-state index contributed by atoms with van der Waals surface area (Å²) in [6, 6.07) is 0.610. The Labute approximate surface area is 116 Å². The van der Waals surface area contributed by atoms with Gasteiger partial charge in [0, 0.05) is 58.1 Å². The summed E-state index contributed by atoms with van der Waals surface area (Å²) in [5.74, 6) is 1.13. The topological polar surface area (TPSA) is 42.3 Å². The Morgan fingerprint density at radius 2 is 2.37 bits per heavy atom. The Kier molecular flexibility index (Phi) is 5.36. The summed E-state index contributed by atoms with van der Waals surface area (Å²) in [6.07, 6.45) is 5.11. The molecule has 1 saturated heterocycles. The van der Waals surface area contributed by atoms with E-state index in [1.165, 1.54) is 0 Å². The van der Waals surface area contributed by atoms with Crippen LogP contribution < -0.4 is 5.32 Å². The van der Waals surface area contributed by atoms with Gasteiger partial charge in [0.25, 0.3) is 0 Å². The van der Waals surface area contributed by atoms with E-state index in [1.807, 2.05) is 19.4 Å². The van der Waals surface area contributed by atoms with E-state index >= 15 is 0 Å². The molecule has 108 valence electrons. The van der Waals surface area contributed by atoms with Gasteiger partial charge in [-0.1, -0.05) is 0 Å². The van der Waals surface area contributed by atoms with Crippen molar-refractivity contribution in [3.05, 3.63) is 18.2 Å². The first-order valence-electron chi connectivity index (χ1n) is 7.19. The maximum Gasteiger partial charge on any atom is 0.109 e. The first kappa shape index (κ1) is 14.5. The van der Waals surface area contributed by atoms with E-state index in [-0.39, 0.29) is 0 Å². The molecule has 0 amide bonds. The molecular weight excluding hydrogens is 240 g/mol. The molecule has 1 unspecified atom stereocenters. The second-order valence-electron chi connectivity index (χ2n) is 5.49. The summed E-state index contributed by atoms with van der Waals surface area (Å²) in [5.41, 5.74) is 0. The second-order valence-corrected chi connectivity index (χ2v) is 5.49. The Morgan fingerprint density at radius 1 is 1.53 bits per heavy atom. The van der Waals surface area contributed by atoms with Crippen LogP contribution in [-0.2, 0) is 18.2 Å². The van der Waals surface area contributed by atoms with Crippen LogP contribution in [0, 0.1) is 0 Å². The number of rotatable bonds is 6. The van der Waals surface area contributed by atoms with Gasteiger partial charge in [0.1, 0.15) is 5.82 Å². The summed E-state index contributed by atoms with van der Waals surface area (Å²) in [4.78, 5) is 6.80. The smallest absolute Gasteiger partial charge is 0.109 e. The second kappa shape index (κ2) is 7.03. The number of ether oxygens (including phenoxy) is 1. The lowest BCUT2D eigenvalue weighted by molar-refractivity contribution is -0.0370. The molecule has 0 bridgehead atoms. The van der Waals surface area contributed by atoms with Crippen molar-refractivity contribution in [1.29, 1.82) is 0 Å². The molecule has 1 aliphatic rings. The van der Waals surface area contributed by atoms with Crippen molar-refractivity contribution in [2.75, 3.05) is 32.8 Å². The molecule has 0 saturated carbocycles. The van der Waals surface area contributed by atoms with Crippen molar-refractivity contribution in [2.45, 2.75) is 32.4 Å². The van der Waals surface area contributed by atoms with Crippen LogP contribution in [0.4, 0.5) is 0 Å². The highest BCUT2D eigenvalue weighted by atomic mass is 16.5. The van der Waals surface area contributed by atoms with E-state index in [0.29, 0.717) is 12.1 Å². The van der Waals surface area contributed by atoms with Gasteiger partial charge < -0.3 is 14.6 Å². The molecule has 1 fully saturated rings. The molecule has 0 aliphatic carbocycles. The fraction of sp³-hybridized carbons (Fsp3) is 0.786. The molecule has 0 aromatic carbocycles. The maximum atomic E-state index is 5.79. The SMILES string of the molecule is CC(C)N1CCOC(CNCCc2nccn2C)C1. The standard InChI is InChI=1S/C14H26N4O/c1-12(2)18-8-9-19-13(11-18)10-15-5-4-14-16-6-7-17(14)3/h6-7,12-13,15H,4-5,8-11H2,1-3H3. The van der Waals surface area contributed by atoms with Crippen LogP contribution in [-0.4, -0.2) is 59.4 Å². The van der Waals surface area contributed by atoms with Crippen LogP contribution in [0.3, 0.4) is 0 Å². The fourth-order valence-corrected chi connectivity index (χ4v) is 2.44. The summed E-state index contributed by atoms with van der Waals surface area (Å²) in [7, 11) is 2.03. The van der Waals surface area contributed by atoms with Gasteiger partial charge in [0.05, 0.1) is 12.7 Å². The van der Waals surface area contributed by atoms with Gasteiger partial charge in [0.15, 0.2) is 0 Å². The highest BCUT2D eigenvalue weighted by molar-refractivity contribution is 4.91. The third kappa shape index (κ3) is 4.30. The van der Waals surface area contributed by atoms with E-state index in [2.05, 4.69) is 33.6 Å². The van der Waals surface area contributed by atoms with Gasteiger partial charge in [-0.3, -0.25) is 4.90 Å². The Hall–Kier alpha value is -0.910. The molecule has 2 heterocycles. The molecule has 2 rings (SSSR count). The van der Waals surface area contributed by atoms with Crippen LogP contribution in [0.15, 0.2) is 12.4 Å². The number of aromatic nitrogens is 2. The third-order valence-electron chi connectivity index (χ3n) is 3.72. The predicted octanol–water partition coefficient (Wildman–Crippen LogP) is 0.661. The number of nitrogens with one attached hydrogen (secondary N) is 1. The summed E-state index contributed by atoms with van der Waals surface area (Å²) < 4.78 is 7.86. The van der Waals surface area contributed by atoms with Crippen molar-refractivity contribution in [3.8, 4) is 0 Å². The average Bonchev–Trinajstić information content (AvgIpc) is 2.81. The molecule has 0 spiro atoms. The minimum atomic E-state index is 0.317. The van der Waals surface area contributed by atoms with Gasteiger partial charge in [-0.15, -0.1) is 0 Å². The van der Waals surface area contributed by atoms with Gasteiger partial charge in [-0.25, -0.2) is 4.98 Å². The van der Waals surface area contributed by atoms with E-state index in [1.54, 1.807) is 0 Å². The zero-order valence-corrected chi connectivity index (χ0v) is 12.3. The van der Waals surface area contributed by atoms with Crippen LogP contribution in [0.2, 0.25) is 0 Å². The number of imidazole rings is 1. The number of aryl methyl sites for hydroxylation is 1. The van der Waals surface area contributed by atoms with Crippen LogP contribution in [0.25, 0.3) is 0 Å². The lowest BCUT2D eigenvalue weighted by Crippen LogP contribution is -2.49. The Bertz CT molecular complexity index is 377. The Morgan fingerprint density at radius 3 is 3.05 bits per heavy atom. The minimum absolute atomic E-state index is 0.317. The molecule has 1 aromatic rings. The van der Waals surface area contributed by atoms with E-state index in [0.717, 1.165) is 45.0 Å². The van der Waals surface area contributed by atoms with E-state index < -0.39 is 0 Å². The van der Waals surface area contributed by atoms with Crippen LogP contribution in [0.5, 0.6) is 0 Å². The highest BCUT2D eigenvalue weighted by Crippen LogP contribution is 2.07. The molecule has 1 aliphatic heterocycles. The summed E-state index contributed by atoms with van der Waals surface area (Å²) in [6.45, 7) is 9.31. The largest absolute Gasteiger partial charge is 0.374 e. The van der Waals surface area contributed by atoms with E-state index in [4.69, 9.17) is 4.74 Å². The normalized spacial score (nSPS) is 21.2. The van der Waals surface area contributed by atoms with Gasteiger partial charge in [-0.05, 0) is 13.8 Å². The van der Waals surface area contributed by atoms with Crippen molar-refractivity contribution in [1.82, 2.24) is 19.8 Å². The van der Waals surface area contributed by atoms with Crippen molar-refractivity contribution < 1.29 is 4.74 Å². The molecule has 1 atom stereocenters. The molecule has 5 heteroatoms. The molecule has 5 nitrogen and oxygen atoms in total. The molecular formula is C14H26N4O. The predicted molar refractivity (Wildman–Crippen MR) is 76.2 cm³/mol. The fourth-order valence-electron chi connectivity index (χ4n) is 2.44. The Balaban J connectivity index is 1.64. The highest BCUT2D eigenvalue weighted by Gasteiger charge is 2.21. The van der Waals surface area contributed by atoms with E-state index in [9.17, 15) is 0 Å². The molecule has 0 radical (unpaired) electrons. The lowest BCUT2D eigenvalue weighted by Gasteiger charge is -2.35. The van der Waals surface area contributed by atoms with Crippen molar-refractivity contribution in [2.24, 2.45) is 7.05 Å². The number of hydrogen-bond donors (Lipinski definition) is 1. The monoisotopic (exact) mass is 266 g/mol. The molecule has 19 heavy (non-hydrogen) atoms. The van der Waals surface area contributed by atoms with Gasteiger partial charge >= 0.3 is 0 Å².